The van der Waals surface area contributed by atoms with Crippen LogP contribution in [-0.2, 0) is 22.3 Å². The summed E-state index contributed by atoms with van der Waals surface area (Å²) in [5.74, 6) is -0.493. The van der Waals surface area contributed by atoms with Crippen molar-refractivity contribution in [1.82, 2.24) is 4.31 Å². The maximum absolute atomic E-state index is 12.2. The first-order valence-electron chi connectivity index (χ1n) is 5.43. The Morgan fingerprint density at radius 3 is 2.21 bits per heavy atom. The van der Waals surface area contributed by atoms with E-state index in [1.807, 2.05) is 0 Å². The first-order chi connectivity index (χ1) is 8.65. The van der Waals surface area contributed by atoms with Crippen molar-refractivity contribution in [1.29, 1.82) is 0 Å². The molecule has 0 saturated carbocycles. The van der Waals surface area contributed by atoms with Gasteiger partial charge in [0, 0.05) is 13.6 Å². The molecule has 0 bridgehead atoms. The molecular formula is C11H15F3N2O2S. The summed E-state index contributed by atoms with van der Waals surface area (Å²) in [5.41, 5.74) is 6.48. The zero-order valence-corrected chi connectivity index (χ0v) is 11.1. The van der Waals surface area contributed by atoms with Gasteiger partial charge in [0.1, 0.15) is 6.54 Å². The monoisotopic (exact) mass is 296 g/mol. The second-order valence-corrected chi connectivity index (χ2v) is 6.18. The Kier molecular flexibility index (Phi) is 4.94. The van der Waals surface area contributed by atoms with E-state index in [9.17, 15) is 21.6 Å². The minimum absolute atomic E-state index is 0.134. The Bertz CT molecular complexity index is 529. The highest BCUT2D eigenvalue weighted by Crippen LogP contribution is 2.20. The lowest BCUT2D eigenvalue weighted by Crippen LogP contribution is -2.36. The van der Waals surface area contributed by atoms with Gasteiger partial charge in [0.2, 0.25) is 10.0 Å². The van der Waals surface area contributed by atoms with E-state index in [1.165, 1.54) is 0 Å². The van der Waals surface area contributed by atoms with Crippen LogP contribution >= 0.6 is 0 Å². The molecule has 2 N–H and O–H groups in total. The van der Waals surface area contributed by atoms with Gasteiger partial charge in [-0.25, -0.2) is 8.42 Å². The van der Waals surface area contributed by atoms with E-state index in [4.69, 9.17) is 5.73 Å². The van der Waals surface area contributed by atoms with Crippen molar-refractivity contribution < 1.29 is 21.6 Å². The highest BCUT2D eigenvalue weighted by Gasteiger charge is 2.34. The largest absolute Gasteiger partial charge is 0.402 e. The fraction of sp³-hybridized carbons (Fsp3) is 0.455. The standard InChI is InChI=1S/C11H15F3N2O2S/c1-16(8-11(12,13)14)19(17,18)7-10-5-3-2-4-9(10)6-15/h2-5H,6-8,15H2,1H3. The van der Waals surface area contributed by atoms with Gasteiger partial charge >= 0.3 is 6.18 Å². The van der Waals surface area contributed by atoms with Crippen molar-refractivity contribution in [3.8, 4) is 0 Å². The van der Waals surface area contributed by atoms with E-state index in [0.717, 1.165) is 7.05 Å². The Morgan fingerprint density at radius 1 is 1.21 bits per heavy atom. The molecule has 0 saturated heterocycles. The lowest BCUT2D eigenvalue weighted by atomic mass is 10.1. The number of alkyl halides is 3. The number of sulfonamides is 1. The smallest absolute Gasteiger partial charge is 0.326 e. The van der Waals surface area contributed by atoms with Gasteiger partial charge in [-0.05, 0) is 11.1 Å². The van der Waals surface area contributed by atoms with Crippen molar-refractivity contribution in [3.05, 3.63) is 35.4 Å². The van der Waals surface area contributed by atoms with E-state index in [0.29, 0.717) is 15.4 Å². The number of halogens is 3. The van der Waals surface area contributed by atoms with Gasteiger partial charge in [-0.1, -0.05) is 24.3 Å². The summed E-state index contributed by atoms with van der Waals surface area (Å²) in [5, 5.41) is 0. The quantitative estimate of drug-likeness (QED) is 0.895. The highest BCUT2D eigenvalue weighted by atomic mass is 32.2. The molecule has 1 aromatic rings. The van der Waals surface area contributed by atoms with Crippen molar-refractivity contribution >= 4 is 10.0 Å². The maximum Gasteiger partial charge on any atom is 0.402 e. The lowest BCUT2D eigenvalue weighted by molar-refractivity contribution is -0.134. The topological polar surface area (TPSA) is 63.4 Å². The first kappa shape index (κ1) is 15.9. The van der Waals surface area contributed by atoms with Gasteiger partial charge in [0.25, 0.3) is 0 Å². The van der Waals surface area contributed by atoms with E-state index in [1.54, 1.807) is 24.3 Å². The number of nitrogens with zero attached hydrogens (tertiary/aromatic N) is 1. The SMILES string of the molecule is CN(CC(F)(F)F)S(=O)(=O)Cc1ccccc1CN. The average Bonchev–Trinajstić information content (AvgIpc) is 2.27. The molecule has 0 aliphatic rings. The molecule has 0 radical (unpaired) electrons. The number of hydrogen-bond acceptors (Lipinski definition) is 3. The molecule has 0 aliphatic heterocycles. The van der Waals surface area contributed by atoms with Crippen molar-refractivity contribution in [2.75, 3.05) is 13.6 Å². The zero-order valence-electron chi connectivity index (χ0n) is 10.3. The van der Waals surface area contributed by atoms with Crippen LogP contribution in [-0.4, -0.2) is 32.5 Å². The second kappa shape index (κ2) is 5.89. The Morgan fingerprint density at radius 2 is 1.74 bits per heavy atom. The normalized spacial score (nSPS) is 12.9. The summed E-state index contributed by atoms with van der Waals surface area (Å²) >= 11 is 0. The molecule has 8 heteroatoms. The Balaban J connectivity index is 2.91. The third kappa shape index (κ3) is 4.81. The fourth-order valence-corrected chi connectivity index (χ4v) is 2.79. The third-order valence-electron chi connectivity index (χ3n) is 2.55. The van der Waals surface area contributed by atoms with Crippen LogP contribution in [0.5, 0.6) is 0 Å². The summed E-state index contributed by atoms with van der Waals surface area (Å²) in [7, 11) is -3.11. The second-order valence-electron chi connectivity index (χ2n) is 4.10. The molecule has 0 heterocycles. The van der Waals surface area contributed by atoms with E-state index < -0.39 is 28.5 Å². The average molecular weight is 296 g/mol. The molecular weight excluding hydrogens is 281 g/mol. The predicted molar refractivity (Wildman–Crippen MR) is 65.6 cm³/mol. The minimum atomic E-state index is -4.56. The molecule has 19 heavy (non-hydrogen) atoms. The summed E-state index contributed by atoms with van der Waals surface area (Å²) < 4.78 is 60.6. The van der Waals surface area contributed by atoms with E-state index in [2.05, 4.69) is 0 Å². The Hall–Kier alpha value is -1.12. The van der Waals surface area contributed by atoms with E-state index in [-0.39, 0.29) is 6.54 Å². The highest BCUT2D eigenvalue weighted by molar-refractivity contribution is 7.88. The number of hydrogen-bond donors (Lipinski definition) is 1. The summed E-state index contributed by atoms with van der Waals surface area (Å²) in [6.07, 6.45) is -4.56. The molecule has 0 spiro atoms. The van der Waals surface area contributed by atoms with Crippen LogP contribution in [0.4, 0.5) is 13.2 Å². The van der Waals surface area contributed by atoms with Gasteiger partial charge < -0.3 is 5.73 Å². The van der Waals surface area contributed by atoms with Crippen LogP contribution in [0.2, 0.25) is 0 Å². The first-order valence-corrected chi connectivity index (χ1v) is 7.04. The van der Waals surface area contributed by atoms with Crippen molar-refractivity contribution in [2.45, 2.75) is 18.5 Å². The number of nitrogens with two attached hydrogens (primary N) is 1. The van der Waals surface area contributed by atoms with Gasteiger partial charge in [-0.15, -0.1) is 0 Å². The maximum atomic E-state index is 12.2. The Labute approximate surface area is 110 Å². The number of benzene rings is 1. The zero-order chi connectivity index (χ0) is 14.7. The van der Waals surface area contributed by atoms with Crippen LogP contribution in [0, 0.1) is 0 Å². The molecule has 0 atom stereocenters. The van der Waals surface area contributed by atoms with Crippen LogP contribution in [0.3, 0.4) is 0 Å². The molecule has 0 unspecified atom stereocenters. The van der Waals surface area contributed by atoms with Gasteiger partial charge in [0.05, 0.1) is 5.75 Å². The van der Waals surface area contributed by atoms with E-state index >= 15 is 0 Å². The molecule has 0 amide bonds. The number of rotatable bonds is 5. The van der Waals surface area contributed by atoms with Crippen LogP contribution < -0.4 is 5.73 Å². The van der Waals surface area contributed by atoms with Gasteiger partial charge in [-0.3, -0.25) is 0 Å². The third-order valence-corrected chi connectivity index (χ3v) is 4.31. The predicted octanol–water partition coefficient (Wildman–Crippen LogP) is 1.47. The summed E-state index contributed by atoms with van der Waals surface area (Å²) in [6, 6.07) is 6.50. The molecule has 108 valence electrons. The molecule has 0 fully saturated rings. The minimum Gasteiger partial charge on any atom is -0.326 e. The molecule has 1 rings (SSSR count). The van der Waals surface area contributed by atoms with Gasteiger partial charge in [-0.2, -0.15) is 17.5 Å². The lowest BCUT2D eigenvalue weighted by Gasteiger charge is -2.19. The molecule has 4 nitrogen and oxygen atoms in total. The van der Waals surface area contributed by atoms with Crippen molar-refractivity contribution in [3.63, 3.8) is 0 Å². The van der Waals surface area contributed by atoms with Crippen LogP contribution in [0.1, 0.15) is 11.1 Å². The van der Waals surface area contributed by atoms with Gasteiger partial charge in [0.15, 0.2) is 0 Å². The summed E-state index contributed by atoms with van der Waals surface area (Å²) in [6.45, 7) is -1.37. The molecule has 1 aromatic carbocycles. The molecule has 0 aromatic heterocycles. The van der Waals surface area contributed by atoms with Crippen LogP contribution in [0.15, 0.2) is 24.3 Å². The summed E-state index contributed by atoms with van der Waals surface area (Å²) in [4.78, 5) is 0. The van der Waals surface area contributed by atoms with Crippen molar-refractivity contribution in [2.24, 2.45) is 5.73 Å². The fourth-order valence-electron chi connectivity index (χ4n) is 1.55. The van der Waals surface area contributed by atoms with Crippen LogP contribution in [0.25, 0.3) is 0 Å². The molecule has 0 aliphatic carbocycles.